The van der Waals surface area contributed by atoms with Gasteiger partial charge in [-0.1, -0.05) is 12.1 Å². The van der Waals surface area contributed by atoms with E-state index in [0.29, 0.717) is 16.9 Å². The Bertz CT molecular complexity index is 1490. The van der Waals surface area contributed by atoms with Crippen molar-refractivity contribution in [2.24, 2.45) is 0 Å². The van der Waals surface area contributed by atoms with Crippen LogP contribution in [-0.4, -0.2) is 108 Å². The Morgan fingerprint density at radius 3 is 1.80 bits per heavy atom. The van der Waals surface area contributed by atoms with Gasteiger partial charge in [0.1, 0.15) is 17.8 Å². The molecule has 3 aromatic rings. The Hall–Kier alpha value is -5.06. The smallest absolute Gasteiger partial charge is 0.328 e. The maximum absolute atomic E-state index is 14.0. The minimum atomic E-state index is -1.05. The number of anilines is 2. The largest absolute Gasteiger partial charge is 0.497 e. The van der Waals surface area contributed by atoms with Crippen LogP contribution < -0.4 is 19.9 Å². The number of hydrogen-bond acceptors (Lipinski definition) is 8. The van der Waals surface area contributed by atoms with E-state index in [9.17, 15) is 19.2 Å². The lowest BCUT2D eigenvalue weighted by molar-refractivity contribution is -0.145. The molecule has 1 N–H and O–H groups in total. The average molecular weight is 616 g/mol. The van der Waals surface area contributed by atoms with E-state index in [1.54, 1.807) is 60.5 Å². The van der Waals surface area contributed by atoms with Crippen LogP contribution in [0.25, 0.3) is 0 Å². The van der Waals surface area contributed by atoms with Gasteiger partial charge >= 0.3 is 5.97 Å². The normalized spacial score (nSPS) is 15.1. The van der Waals surface area contributed by atoms with Crippen molar-refractivity contribution in [3.05, 3.63) is 89.5 Å². The molecule has 1 aliphatic heterocycles. The molecule has 0 aliphatic carbocycles. The highest BCUT2D eigenvalue weighted by Gasteiger charge is 2.39. The Balaban J connectivity index is 1.60. The molecular formula is C34H41N5O6. The number of nitrogens with zero attached hydrogens (tertiary/aromatic N) is 4. The number of piperazine rings is 1. The third-order valence-corrected chi connectivity index (χ3v) is 7.89. The summed E-state index contributed by atoms with van der Waals surface area (Å²) in [6.45, 7) is 0.332. The molecule has 3 amide bonds. The summed E-state index contributed by atoms with van der Waals surface area (Å²) < 4.78 is 10.2. The van der Waals surface area contributed by atoms with Gasteiger partial charge in [-0.3, -0.25) is 14.4 Å². The maximum atomic E-state index is 14.0. The van der Waals surface area contributed by atoms with Crippen LogP contribution in [0.1, 0.15) is 26.3 Å². The first-order valence-electron chi connectivity index (χ1n) is 14.7. The molecule has 0 spiro atoms. The zero-order valence-electron chi connectivity index (χ0n) is 26.6. The van der Waals surface area contributed by atoms with Gasteiger partial charge in [0, 0.05) is 70.2 Å². The van der Waals surface area contributed by atoms with Crippen LogP contribution in [0.5, 0.6) is 5.75 Å². The molecule has 0 bridgehead atoms. The molecule has 0 aromatic heterocycles. The Morgan fingerprint density at radius 2 is 1.31 bits per heavy atom. The number of nitrogens with one attached hydrogen (secondary N) is 1. The van der Waals surface area contributed by atoms with Gasteiger partial charge in [0.05, 0.1) is 20.8 Å². The molecule has 0 unspecified atom stereocenters. The number of carbonyl (C=O) groups excluding carboxylic acids is 4. The van der Waals surface area contributed by atoms with E-state index in [2.05, 4.69) is 5.32 Å². The van der Waals surface area contributed by atoms with Gasteiger partial charge in [-0.05, 0) is 66.2 Å². The van der Waals surface area contributed by atoms with Crippen molar-refractivity contribution in [3.63, 3.8) is 0 Å². The molecule has 0 saturated carbocycles. The van der Waals surface area contributed by atoms with Gasteiger partial charge < -0.3 is 34.4 Å². The summed E-state index contributed by atoms with van der Waals surface area (Å²) in [6.07, 6.45) is 0.163. The van der Waals surface area contributed by atoms with Crippen LogP contribution in [0.2, 0.25) is 0 Å². The molecule has 1 aliphatic rings. The second-order valence-electron chi connectivity index (χ2n) is 11.3. The number of amides is 3. The molecule has 1 heterocycles. The summed E-state index contributed by atoms with van der Waals surface area (Å²) in [5.41, 5.74) is 3.55. The van der Waals surface area contributed by atoms with Gasteiger partial charge in [0.2, 0.25) is 5.91 Å². The minimum Gasteiger partial charge on any atom is -0.497 e. The SMILES string of the molecule is COC(=O)[C@H](Cc1ccc(OC)cc1)NC(=O)[C@H]1CN(C(=O)c2ccc(N(C)C)cc2)CCN1C(=O)c1ccc(N(C)C)cc1. The first-order chi connectivity index (χ1) is 21.5. The second kappa shape index (κ2) is 14.6. The molecule has 11 nitrogen and oxygen atoms in total. The number of rotatable bonds is 10. The summed E-state index contributed by atoms with van der Waals surface area (Å²) in [5.74, 6) is -1.11. The Kier molecular flexibility index (Phi) is 10.7. The molecule has 3 aromatic carbocycles. The number of esters is 1. The van der Waals surface area contributed by atoms with Crippen molar-refractivity contribution in [1.82, 2.24) is 15.1 Å². The van der Waals surface area contributed by atoms with Crippen molar-refractivity contribution in [1.29, 1.82) is 0 Å². The van der Waals surface area contributed by atoms with E-state index in [1.165, 1.54) is 12.0 Å². The molecule has 11 heteroatoms. The molecule has 0 radical (unpaired) electrons. The van der Waals surface area contributed by atoms with Crippen LogP contribution in [0.15, 0.2) is 72.8 Å². The lowest BCUT2D eigenvalue weighted by Gasteiger charge is -2.41. The lowest BCUT2D eigenvalue weighted by atomic mass is 10.0. The summed E-state index contributed by atoms with van der Waals surface area (Å²) in [6, 6.07) is 19.4. The first kappa shape index (κ1) is 32.8. The van der Waals surface area contributed by atoms with E-state index in [1.807, 2.05) is 62.3 Å². The van der Waals surface area contributed by atoms with Gasteiger partial charge in [-0.25, -0.2) is 4.79 Å². The minimum absolute atomic E-state index is 0.0436. The number of carbonyl (C=O) groups is 4. The fourth-order valence-corrected chi connectivity index (χ4v) is 5.19. The summed E-state index contributed by atoms with van der Waals surface area (Å²) >= 11 is 0. The van der Waals surface area contributed by atoms with Crippen LogP contribution in [0.3, 0.4) is 0 Å². The number of methoxy groups -OCH3 is 2. The molecule has 45 heavy (non-hydrogen) atoms. The van der Waals surface area contributed by atoms with E-state index < -0.39 is 24.0 Å². The number of ether oxygens (including phenoxy) is 2. The topological polar surface area (TPSA) is 112 Å². The molecule has 1 fully saturated rings. The van der Waals surface area contributed by atoms with Crippen molar-refractivity contribution >= 4 is 35.1 Å². The van der Waals surface area contributed by atoms with Crippen molar-refractivity contribution in [2.75, 3.05) is 71.8 Å². The zero-order valence-corrected chi connectivity index (χ0v) is 26.6. The third-order valence-electron chi connectivity index (χ3n) is 7.89. The Morgan fingerprint density at radius 1 is 0.778 bits per heavy atom. The summed E-state index contributed by atoms with van der Waals surface area (Å²) in [4.78, 5) is 61.0. The highest BCUT2D eigenvalue weighted by atomic mass is 16.5. The third kappa shape index (κ3) is 7.91. The van der Waals surface area contributed by atoms with E-state index >= 15 is 0 Å². The fraction of sp³-hybridized carbons (Fsp3) is 0.353. The quantitative estimate of drug-likeness (QED) is 0.347. The standard InChI is InChI=1S/C34H41N5O6/c1-36(2)26-13-9-24(10-14-26)32(41)38-19-20-39(33(42)25-11-15-27(16-12-25)37(3)4)30(22-38)31(40)35-29(34(43)45-6)21-23-7-17-28(44-5)18-8-23/h7-18,29-30H,19-22H2,1-6H3,(H,35,40)/t29-,30+/m0/s1. The fourth-order valence-electron chi connectivity index (χ4n) is 5.19. The first-order valence-corrected chi connectivity index (χ1v) is 14.7. The summed E-state index contributed by atoms with van der Waals surface area (Å²) in [7, 11) is 10.5. The summed E-state index contributed by atoms with van der Waals surface area (Å²) in [5, 5.41) is 2.81. The predicted octanol–water partition coefficient (Wildman–Crippen LogP) is 2.69. The van der Waals surface area contributed by atoms with Gasteiger partial charge in [0.25, 0.3) is 11.8 Å². The number of benzene rings is 3. The van der Waals surface area contributed by atoms with E-state index in [0.717, 1.165) is 16.9 Å². The molecule has 1 saturated heterocycles. The second-order valence-corrected chi connectivity index (χ2v) is 11.3. The average Bonchev–Trinajstić information content (AvgIpc) is 3.07. The van der Waals surface area contributed by atoms with Crippen LogP contribution >= 0.6 is 0 Å². The number of hydrogen-bond donors (Lipinski definition) is 1. The van der Waals surface area contributed by atoms with Gasteiger partial charge in [-0.2, -0.15) is 0 Å². The van der Waals surface area contributed by atoms with Gasteiger partial charge in [0.15, 0.2) is 0 Å². The lowest BCUT2D eigenvalue weighted by Crippen LogP contribution is -2.63. The molecule has 4 rings (SSSR count). The maximum Gasteiger partial charge on any atom is 0.328 e. The van der Waals surface area contributed by atoms with Crippen molar-refractivity contribution in [3.8, 4) is 5.75 Å². The molecular weight excluding hydrogens is 574 g/mol. The molecule has 238 valence electrons. The monoisotopic (exact) mass is 615 g/mol. The predicted molar refractivity (Wildman–Crippen MR) is 173 cm³/mol. The van der Waals surface area contributed by atoms with Crippen molar-refractivity contribution < 1.29 is 28.7 Å². The van der Waals surface area contributed by atoms with Crippen LogP contribution in [0.4, 0.5) is 11.4 Å². The van der Waals surface area contributed by atoms with Gasteiger partial charge in [-0.15, -0.1) is 0 Å². The van der Waals surface area contributed by atoms with E-state index in [-0.39, 0.29) is 37.9 Å². The van der Waals surface area contributed by atoms with Crippen molar-refractivity contribution in [2.45, 2.75) is 18.5 Å². The van der Waals surface area contributed by atoms with E-state index in [4.69, 9.17) is 9.47 Å². The van der Waals surface area contributed by atoms with Crippen LogP contribution in [-0.2, 0) is 20.7 Å². The molecule has 2 atom stereocenters. The highest BCUT2D eigenvalue weighted by molar-refractivity contribution is 6.00. The Labute approximate surface area is 264 Å². The zero-order chi connectivity index (χ0) is 32.7. The highest BCUT2D eigenvalue weighted by Crippen LogP contribution is 2.21. The van der Waals surface area contributed by atoms with Crippen LogP contribution in [0, 0.1) is 0 Å².